The van der Waals surface area contributed by atoms with Crippen LogP contribution in [0.3, 0.4) is 0 Å². The molecular weight excluding hydrogens is 467 g/mol. The van der Waals surface area contributed by atoms with Crippen LogP contribution in [0.25, 0.3) is 16.9 Å². The lowest BCUT2D eigenvalue weighted by atomic mass is 10.0. The summed E-state index contributed by atoms with van der Waals surface area (Å²) in [6.07, 6.45) is 7.15. The van der Waals surface area contributed by atoms with E-state index in [4.69, 9.17) is 0 Å². The molecule has 1 N–H and O–H groups in total. The lowest BCUT2D eigenvalue weighted by molar-refractivity contribution is -0.135. The number of hydrogen-bond donors (Lipinski definition) is 1. The van der Waals surface area contributed by atoms with Crippen molar-refractivity contribution < 1.29 is 14.0 Å². The number of anilines is 1. The van der Waals surface area contributed by atoms with Gasteiger partial charge in [0.05, 0.1) is 17.9 Å². The van der Waals surface area contributed by atoms with Gasteiger partial charge in [0, 0.05) is 24.6 Å². The molecule has 0 atom stereocenters. The highest BCUT2D eigenvalue weighted by atomic mass is 19.1. The molecule has 0 radical (unpaired) electrons. The Hall–Kier alpha value is -3.48. The third-order valence-corrected chi connectivity index (χ3v) is 7.02. The third kappa shape index (κ3) is 7.51. The first kappa shape index (κ1) is 26.6. The van der Waals surface area contributed by atoms with Crippen molar-refractivity contribution in [1.82, 2.24) is 14.7 Å². The van der Waals surface area contributed by atoms with Crippen LogP contribution in [-0.4, -0.2) is 39.6 Å². The van der Waals surface area contributed by atoms with Gasteiger partial charge in [-0.1, -0.05) is 69.9 Å². The summed E-state index contributed by atoms with van der Waals surface area (Å²) in [5, 5.41) is 7.64. The normalized spacial score (nSPS) is 13.7. The molecule has 1 heterocycles. The number of hydrogen-bond acceptors (Lipinski definition) is 3. The highest BCUT2D eigenvalue weighted by Gasteiger charge is 2.22. The maximum Gasteiger partial charge on any atom is 0.245 e. The van der Waals surface area contributed by atoms with Gasteiger partial charge < -0.3 is 10.2 Å². The second kappa shape index (κ2) is 12.7. The summed E-state index contributed by atoms with van der Waals surface area (Å²) >= 11 is 0. The van der Waals surface area contributed by atoms with Gasteiger partial charge in [-0.25, -0.2) is 9.07 Å². The number of nitrogens with zero attached hydrogens (tertiary/aromatic N) is 3. The van der Waals surface area contributed by atoms with E-state index in [2.05, 4.69) is 24.3 Å². The fraction of sp³-hybridized carbons (Fsp3) is 0.433. The molecule has 1 fully saturated rings. The van der Waals surface area contributed by atoms with Crippen molar-refractivity contribution in [3.63, 3.8) is 0 Å². The molecule has 1 aliphatic carbocycles. The van der Waals surface area contributed by atoms with Gasteiger partial charge in [0.1, 0.15) is 11.6 Å². The van der Waals surface area contributed by atoms with Crippen LogP contribution < -0.4 is 5.32 Å². The first-order chi connectivity index (χ1) is 17.9. The molecule has 2 aromatic carbocycles. The summed E-state index contributed by atoms with van der Waals surface area (Å²) in [6, 6.07) is 17.4. The second-order valence-electron chi connectivity index (χ2n) is 10.4. The van der Waals surface area contributed by atoms with Crippen molar-refractivity contribution in [2.24, 2.45) is 11.8 Å². The molecule has 3 aromatic rings. The minimum atomic E-state index is -0.346. The van der Waals surface area contributed by atoms with E-state index in [1.165, 1.54) is 37.8 Å². The maximum atomic E-state index is 13.6. The standard InChI is InChI=1S/C30H37FN4O2/c1-22(2)18-19-34(30(37)17-12-23-8-6-7-9-23)21-29(36)32-28-20-27(24-10-4-3-5-11-24)33-35(28)26-15-13-25(31)14-16-26/h3-5,10-11,13-16,20,22-23H,6-9,12,17-19,21H2,1-2H3,(H,32,36). The zero-order chi connectivity index (χ0) is 26.2. The van der Waals surface area contributed by atoms with Crippen LogP contribution in [0.2, 0.25) is 0 Å². The molecule has 196 valence electrons. The summed E-state index contributed by atoms with van der Waals surface area (Å²) in [4.78, 5) is 28.0. The number of nitrogens with one attached hydrogen (secondary N) is 1. The van der Waals surface area contributed by atoms with Crippen molar-refractivity contribution in [2.75, 3.05) is 18.4 Å². The Labute approximate surface area is 218 Å². The largest absolute Gasteiger partial charge is 0.333 e. The fourth-order valence-electron chi connectivity index (χ4n) is 4.85. The number of rotatable bonds is 11. The Morgan fingerprint density at radius 3 is 2.46 bits per heavy atom. The first-order valence-corrected chi connectivity index (χ1v) is 13.4. The first-order valence-electron chi connectivity index (χ1n) is 13.4. The fourth-order valence-corrected chi connectivity index (χ4v) is 4.85. The Balaban J connectivity index is 1.50. The van der Waals surface area contributed by atoms with Gasteiger partial charge in [-0.15, -0.1) is 0 Å². The summed E-state index contributed by atoms with van der Waals surface area (Å²) in [5.41, 5.74) is 2.22. The third-order valence-electron chi connectivity index (χ3n) is 7.02. The maximum absolute atomic E-state index is 13.6. The van der Waals surface area contributed by atoms with Crippen molar-refractivity contribution in [1.29, 1.82) is 0 Å². The Bertz CT molecular complexity index is 1170. The monoisotopic (exact) mass is 504 g/mol. The van der Waals surface area contributed by atoms with E-state index in [0.717, 1.165) is 18.4 Å². The number of halogens is 1. The molecule has 0 bridgehead atoms. The summed E-state index contributed by atoms with van der Waals surface area (Å²) in [7, 11) is 0. The molecule has 7 heteroatoms. The number of aromatic nitrogens is 2. The zero-order valence-corrected chi connectivity index (χ0v) is 21.8. The quantitative estimate of drug-likeness (QED) is 0.326. The summed E-state index contributed by atoms with van der Waals surface area (Å²) in [5.74, 6) is 0.952. The van der Waals surface area contributed by atoms with Gasteiger partial charge in [-0.05, 0) is 48.9 Å². The molecule has 1 aliphatic rings. The minimum Gasteiger partial charge on any atom is -0.333 e. The second-order valence-corrected chi connectivity index (χ2v) is 10.4. The Morgan fingerprint density at radius 2 is 1.78 bits per heavy atom. The lowest BCUT2D eigenvalue weighted by Crippen LogP contribution is -2.39. The van der Waals surface area contributed by atoms with E-state index >= 15 is 0 Å². The molecule has 6 nitrogen and oxygen atoms in total. The van der Waals surface area contributed by atoms with Gasteiger partial charge in [-0.3, -0.25) is 9.59 Å². The van der Waals surface area contributed by atoms with Crippen LogP contribution in [0.5, 0.6) is 0 Å². The smallest absolute Gasteiger partial charge is 0.245 e. The van der Waals surface area contributed by atoms with Crippen molar-refractivity contribution in [3.8, 4) is 16.9 Å². The van der Waals surface area contributed by atoms with E-state index in [1.54, 1.807) is 27.8 Å². The molecule has 37 heavy (non-hydrogen) atoms. The molecule has 1 aromatic heterocycles. The molecule has 0 unspecified atom stereocenters. The van der Waals surface area contributed by atoms with Crippen molar-refractivity contribution in [3.05, 3.63) is 66.5 Å². The van der Waals surface area contributed by atoms with Gasteiger partial charge in [-0.2, -0.15) is 5.10 Å². The van der Waals surface area contributed by atoms with E-state index in [-0.39, 0.29) is 24.2 Å². The number of amides is 2. The van der Waals surface area contributed by atoms with Crippen LogP contribution >= 0.6 is 0 Å². The number of carbonyl (C=O) groups is 2. The molecule has 0 saturated heterocycles. The average Bonchev–Trinajstić information content (AvgIpc) is 3.56. The van der Waals surface area contributed by atoms with Gasteiger partial charge in [0.25, 0.3) is 0 Å². The predicted molar refractivity (Wildman–Crippen MR) is 145 cm³/mol. The van der Waals surface area contributed by atoms with E-state index in [0.29, 0.717) is 42.0 Å². The van der Waals surface area contributed by atoms with E-state index < -0.39 is 0 Å². The van der Waals surface area contributed by atoms with Crippen LogP contribution in [0, 0.1) is 17.7 Å². The number of carbonyl (C=O) groups excluding carboxylic acids is 2. The molecular formula is C30H37FN4O2. The molecule has 0 spiro atoms. The van der Waals surface area contributed by atoms with Crippen molar-refractivity contribution in [2.45, 2.75) is 58.8 Å². The lowest BCUT2D eigenvalue weighted by Gasteiger charge is -2.24. The number of benzene rings is 2. The summed E-state index contributed by atoms with van der Waals surface area (Å²) in [6.45, 7) is 4.79. The van der Waals surface area contributed by atoms with Crippen LogP contribution in [0.4, 0.5) is 10.2 Å². The topological polar surface area (TPSA) is 67.2 Å². The van der Waals surface area contributed by atoms with E-state index in [1.807, 2.05) is 30.3 Å². The Morgan fingerprint density at radius 1 is 1.08 bits per heavy atom. The highest BCUT2D eigenvalue weighted by molar-refractivity contribution is 5.94. The zero-order valence-electron chi connectivity index (χ0n) is 21.8. The predicted octanol–water partition coefficient (Wildman–Crippen LogP) is 6.46. The van der Waals surface area contributed by atoms with Crippen LogP contribution in [0.15, 0.2) is 60.7 Å². The Kier molecular flexibility index (Phi) is 9.09. The van der Waals surface area contributed by atoms with Gasteiger partial charge in [0.15, 0.2) is 0 Å². The van der Waals surface area contributed by atoms with Gasteiger partial charge in [0.2, 0.25) is 11.8 Å². The van der Waals surface area contributed by atoms with E-state index in [9.17, 15) is 14.0 Å². The minimum absolute atomic E-state index is 0.00844. The van der Waals surface area contributed by atoms with Crippen molar-refractivity contribution >= 4 is 17.6 Å². The SMILES string of the molecule is CC(C)CCN(CC(=O)Nc1cc(-c2ccccc2)nn1-c1ccc(F)cc1)C(=O)CCC1CCCC1. The average molecular weight is 505 g/mol. The van der Waals surface area contributed by atoms with Gasteiger partial charge >= 0.3 is 0 Å². The van der Waals surface area contributed by atoms with Crippen LogP contribution in [-0.2, 0) is 9.59 Å². The van der Waals surface area contributed by atoms with Crippen LogP contribution in [0.1, 0.15) is 58.8 Å². The highest BCUT2D eigenvalue weighted by Crippen LogP contribution is 2.29. The molecule has 0 aliphatic heterocycles. The summed E-state index contributed by atoms with van der Waals surface area (Å²) < 4.78 is 15.2. The molecule has 1 saturated carbocycles. The molecule has 2 amide bonds. The molecule has 4 rings (SSSR count).